The molecule has 1 aliphatic carbocycles. The predicted molar refractivity (Wildman–Crippen MR) is 61.6 cm³/mol. The third-order valence-electron chi connectivity index (χ3n) is 4.17. The normalized spacial score (nSPS) is 25.1. The van der Waals surface area contributed by atoms with Gasteiger partial charge in [0.05, 0.1) is 0 Å². The van der Waals surface area contributed by atoms with Gasteiger partial charge >= 0.3 is 0 Å². The van der Waals surface area contributed by atoms with E-state index in [0.717, 1.165) is 13.1 Å². The second kappa shape index (κ2) is 3.50. The van der Waals surface area contributed by atoms with Gasteiger partial charge in [-0.2, -0.15) is 0 Å². The molecule has 1 amide bonds. The second-order valence-corrected chi connectivity index (χ2v) is 6.40. The molecule has 1 aliphatic heterocycles. The van der Waals surface area contributed by atoms with Gasteiger partial charge < -0.3 is 4.90 Å². The molecule has 86 valence electrons. The Hall–Kier alpha value is -0.530. The molecule has 15 heavy (non-hydrogen) atoms. The number of hydrogen-bond acceptors (Lipinski definition) is 1. The van der Waals surface area contributed by atoms with Crippen LogP contribution in [0.15, 0.2) is 0 Å². The van der Waals surface area contributed by atoms with Crippen molar-refractivity contribution in [2.24, 2.45) is 10.8 Å². The third-order valence-corrected chi connectivity index (χ3v) is 4.17. The fraction of sp³-hybridized carbons (Fsp3) is 0.923. The summed E-state index contributed by atoms with van der Waals surface area (Å²) < 4.78 is 0. The molecule has 2 heteroatoms. The lowest BCUT2D eigenvalue weighted by atomic mass is 9.63. The Kier molecular flexibility index (Phi) is 2.56. The van der Waals surface area contributed by atoms with E-state index in [2.05, 4.69) is 4.90 Å². The van der Waals surface area contributed by atoms with Crippen molar-refractivity contribution in [3.8, 4) is 0 Å². The van der Waals surface area contributed by atoms with E-state index in [4.69, 9.17) is 0 Å². The molecule has 0 aromatic heterocycles. The summed E-state index contributed by atoms with van der Waals surface area (Å²) in [5.41, 5.74) is 0.443. The minimum absolute atomic E-state index is 0.204. The van der Waals surface area contributed by atoms with Crippen LogP contribution in [0.3, 0.4) is 0 Å². The molecule has 0 aromatic rings. The highest BCUT2D eigenvalue weighted by Gasteiger charge is 2.41. The highest BCUT2D eigenvalue weighted by molar-refractivity contribution is 5.81. The first kappa shape index (κ1) is 11.0. The molecule has 1 saturated carbocycles. The van der Waals surface area contributed by atoms with Crippen molar-refractivity contribution in [2.75, 3.05) is 13.1 Å². The van der Waals surface area contributed by atoms with Crippen molar-refractivity contribution in [2.45, 2.75) is 52.9 Å². The maximum absolute atomic E-state index is 12.1. The number of amides is 1. The molecule has 0 N–H and O–H groups in total. The summed E-state index contributed by atoms with van der Waals surface area (Å²) >= 11 is 0. The van der Waals surface area contributed by atoms with E-state index in [9.17, 15) is 4.79 Å². The molecule has 0 radical (unpaired) electrons. The average Bonchev–Trinajstić information content (AvgIpc) is 2.13. The fourth-order valence-corrected chi connectivity index (χ4v) is 2.84. The van der Waals surface area contributed by atoms with Crippen molar-refractivity contribution in [3.05, 3.63) is 0 Å². The number of carbonyl (C=O) groups is 1. The van der Waals surface area contributed by atoms with Crippen molar-refractivity contribution in [1.82, 2.24) is 4.90 Å². The number of carbonyl (C=O) groups excluding carboxylic acids is 1. The molecule has 1 spiro atoms. The molecule has 0 unspecified atom stereocenters. The number of nitrogens with zero attached hydrogens (tertiary/aromatic N) is 1. The molecule has 0 bridgehead atoms. The summed E-state index contributed by atoms with van der Waals surface area (Å²) in [6.07, 6.45) is 6.71. The van der Waals surface area contributed by atoms with Gasteiger partial charge in [-0.25, -0.2) is 0 Å². The van der Waals surface area contributed by atoms with Gasteiger partial charge in [0.2, 0.25) is 5.91 Å². The lowest BCUT2D eigenvalue weighted by Gasteiger charge is -2.48. The first-order valence-electron chi connectivity index (χ1n) is 6.22. The van der Waals surface area contributed by atoms with Crippen molar-refractivity contribution in [3.63, 3.8) is 0 Å². The molecule has 2 fully saturated rings. The Morgan fingerprint density at radius 2 is 1.60 bits per heavy atom. The van der Waals surface area contributed by atoms with Gasteiger partial charge in [0.15, 0.2) is 0 Å². The molecule has 1 saturated heterocycles. The molecule has 1 heterocycles. The summed E-state index contributed by atoms with van der Waals surface area (Å²) in [4.78, 5) is 14.1. The smallest absolute Gasteiger partial charge is 0.227 e. The van der Waals surface area contributed by atoms with Crippen molar-refractivity contribution < 1.29 is 4.79 Å². The minimum atomic E-state index is -0.204. The largest absolute Gasteiger partial charge is 0.342 e. The zero-order valence-corrected chi connectivity index (χ0v) is 10.3. The van der Waals surface area contributed by atoms with E-state index < -0.39 is 0 Å². The quantitative estimate of drug-likeness (QED) is 0.601. The number of hydrogen-bond donors (Lipinski definition) is 0. The Labute approximate surface area is 93.0 Å². The average molecular weight is 209 g/mol. The molecule has 2 nitrogen and oxygen atoms in total. The summed E-state index contributed by atoms with van der Waals surface area (Å²) in [5, 5.41) is 0. The SMILES string of the molecule is CC(C)(C)C(=O)N1CCC2(CCC2)CC1. The van der Waals surface area contributed by atoms with Crippen LogP contribution in [0.2, 0.25) is 0 Å². The monoisotopic (exact) mass is 209 g/mol. The Morgan fingerprint density at radius 1 is 1.07 bits per heavy atom. The molecule has 2 rings (SSSR count). The van der Waals surface area contributed by atoms with Crippen LogP contribution in [0.25, 0.3) is 0 Å². The number of rotatable bonds is 0. The van der Waals surface area contributed by atoms with Crippen molar-refractivity contribution in [1.29, 1.82) is 0 Å². The van der Waals surface area contributed by atoms with Crippen LogP contribution in [0.4, 0.5) is 0 Å². The van der Waals surface area contributed by atoms with E-state index in [1.165, 1.54) is 32.1 Å². The predicted octanol–water partition coefficient (Wildman–Crippen LogP) is 2.83. The van der Waals surface area contributed by atoms with Crippen LogP contribution >= 0.6 is 0 Å². The second-order valence-electron chi connectivity index (χ2n) is 6.40. The van der Waals surface area contributed by atoms with Crippen LogP contribution < -0.4 is 0 Å². The summed E-state index contributed by atoms with van der Waals surface area (Å²) in [6, 6.07) is 0. The highest BCUT2D eigenvalue weighted by Crippen LogP contribution is 2.49. The maximum Gasteiger partial charge on any atom is 0.227 e. The molecular weight excluding hydrogens is 186 g/mol. The molecule has 0 atom stereocenters. The van der Waals surface area contributed by atoms with Gasteiger partial charge in [0.25, 0.3) is 0 Å². The molecule has 2 aliphatic rings. The van der Waals surface area contributed by atoms with E-state index >= 15 is 0 Å². The van der Waals surface area contributed by atoms with E-state index in [1.807, 2.05) is 20.8 Å². The standard InChI is InChI=1S/C13H23NO/c1-12(2,3)11(15)14-9-7-13(8-10-14)5-4-6-13/h4-10H2,1-3H3. The maximum atomic E-state index is 12.1. The van der Waals surface area contributed by atoms with E-state index in [0.29, 0.717) is 11.3 Å². The van der Waals surface area contributed by atoms with Gasteiger partial charge in [0, 0.05) is 18.5 Å². The summed E-state index contributed by atoms with van der Waals surface area (Å²) in [7, 11) is 0. The number of piperidine rings is 1. The van der Waals surface area contributed by atoms with Gasteiger partial charge in [-0.1, -0.05) is 27.2 Å². The molecular formula is C13H23NO. The minimum Gasteiger partial charge on any atom is -0.342 e. The van der Waals surface area contributed by atoms with Gasteiger partial charge in [-0.15, -0.1) is 0 Å². The first-order chi connectivity index (χ1) is 6.93. The Balaban J connectivity index is 1.90. The van der Waals surface area contributed by atoms with Crippen LogP contribution in [-0.2, 0) is 4.79 Å². The fourth-order valence-electron chi connectivity index (χ4n) is 2.84. The van der Waals surface area contributed by atoms with Crippen LogP contribution in [-0.4, -0.2) is 23.9 Å². The third kappa shape index (κ3) is 2.04. The molecule has 0 aromatic carbocycles. The highest BCUT2D eigenvalue weighted by atomic mass is 16.2. The summed E-state index contributed by atoms with van der Waals surface area (Å²) in [5.74, 6) is 0.330. The zero-order chi connectivity index (χ0) is 11.1. The van der Waals surface area contributed by atoms with Gasteiger partial charge in [0.1, 0.15) is 0 Å². The van der Waals surface area contributed by atoms with Crippen molar-refractivity contribution >= 4 is 5.91 Å². The Morgan fingerprint density at radius 3 is 1.93 bits per heavy atom. The Bertz CT molecular complexity index is 250. The van der Waals surface area contributed by atoms with Gasteiger partial charge in [-0.05, 0) is 31.1 Å². The van der Waals surface area contributed by atoms with Crippen LogP contribution in [0.1, 0.15) is 52.9 Å². The van der Waals surface area contributed by atoms with Crippen LogP contribution in [0.5, 0.6) is 0 Å². The van der Waals surface area contributed by atoms with Gasteiger partial charge in [-0.3, -0.25) is 4.79 Å². The lowest BCUT2D eigenvalue weighted by molar-refractivity contribution is -0.142. The number of likely N-dealkylation sites (tertiary alicyclic amines) is 1. The van der Waals surface area contributed by atoms with E-state index in [1.54, 1.807) is 0 Å². The van der Waals surface area contributed by atoms with Crippen LogP contribution in [0, 0.1) is 10.8 Å². The lowest BCUT2D eigenvalue weighted by Crippen LogP contribution is -2.48. The zero-order valence-electron chi connectivity index (χ0n) is 10.3. The van der Waals surface area contributed by atoms with E-state index in [-0.39, 0.29) is 5.41 Å². The first-order valence-corrected chi connectivity index (χ1v) is 6.22. The summed E-state index contributed by atoms with van der Waals surface area (Å²) in [6.45, 7) is 8.04. The topological polar surface area (TPSA) is 20.3 Å².